The molecule has 0 atom stereocenters. The van der Waals surface area contributed by atoms with Crippen molar-refractivity contribution in [2.45, 2.75) is 6.61 Å². The number of benzene rings is 2. The van der Waals surface area contributed by atoms with Crippen molar-refractivity contribution in [1.82, 2.24) is 4.48 Å². The molecule has 0 spiro atoms. The Morgan fingerprint density at radius 2 is 1.75 bits per heavy atom. The van der Waals surface area contributed by atoms with Gasteiger partial charge in [-0.25, -0.2) is 0 Å². The van der Waals surface area contributed by atoms with Crippen molar-refractivity contribution in [1.29, 1.82) is 0 Å². The van der Waals surface area contributed by atoms with Gasteiger partial charge in [-0.05, 0) is 11.6 Å². The van der Waals surface area contributed by atoms with Crippen LogP contribution in [-0.4, -0.2) is 27.4 Å². The number of carbonyl (C=O) groups excluding carboxylic acids is 1. The molecule has 2 aromatic carbocycles. The van der Waals surface area contributed by atoms with E-state index in [2.05, 4.69) is 21.1 Å². The van der Waals surface area contributed by atoms with Gasteiger partial charge in [-0.2, -0.15) is 0 Å². The van der Waals surface area contributed by atoms with E-state index in [0.29, 0.717) is 22.4 Å². The molecule has 0 bridgehead atoms. The summed E-state index contributed by atoms with van der Waals surface area (Å²) >= 11 is 0. The van der Waals surface area contributed by atoms with Gasteiger partial charge >= 0.3 is 0 Å². The van der Waals surface area contributed by atoms with E-state index < -0.39 is 0 Å². The summed E-state index contributed by atoms with van der Waals surface area (Å²) in [5, 5.41) is 0. The predicted molar refractivity (Wildman–Crippen MR) is 82.2 cm³/mol. The van der Waals surface area contributed by atoms with Crippen molar-refractivity contribution < 1.29 is 9.53 Å². The van der Waals surface area contributed by atoms with Crippen LogP contribution in [0.5, 0.6) is 5.75 Å². The number of rotatable bonds is 5. The minimum atomic E-state index is 0.461. The van der Waals surface area contributed by atoms with Gasteiger partial charge in [0.05, 0.1) is 26.7 Å². The average Bonchev–Trinajstić information content (AvgIpc) is 2.45. The van der Waals surface area contributed by atoms with Crippen LogP contribution >= 0.6 is 0 Å². The van der Waals surface area contributed by atoms with Gasteiger partial charge in [-0.3, -0.25) is 9.28 Å². The largest absolute Gasteiger partial charge is 0.488 e. The van der Waals surface area contributed by atoms with Crippen LogP contribution in [0.15, 0.2) is 48.5 Å². The summed E-state index contributed by atoms with van der Waals surface area (Å²) in [6, 6.07) is 15.6. The van der Waals surface area contributed by atoms with Crippen molar-refractivity contribution in [3.8, 4) is 5.75 Å². The van der Waals surface area contributed by atoms with Crippen molar-refractivity contribution in [2.24, 2.45) is 0 Å². The maximum atomic E-state index is 11.1. The number of nitrogens with zero attached hydrogens (tertiary/aromatic N) is 1. The lowest BCUT2D eigenvalue weighted by Crippen LogP contribution is -2.34. The van der Waals surface area contributed by atoms with Gasteiger partial charge in [0.2, 0.25) is 0 Å². The summed E-state index contributed by atoms with van der Waals surface area (Å²) < 4.78 is 6.49. The third-order valence-electron chi connectivity index (χ3n) is 3.14. The third-order valence-corrected chi connectivity index (χ3v) is 3.14. The Labute approximate surface area is 120 Å². The van der Waals surface area contributed by atoms with E-state index >= 15 is 0 Å². The normalized spacial score (nSPS) is 11.2. The second kappa shape index (κ2) is 5.88. The first kappa shape index (κ1) is 14.3. The molecular weight excluding hydrogens is 250 g/mol. The van der Waals surface area contributed by atoms with Crippen molar-refractivity contribution in [3.63, 3.8) is 0 Å². The Bertz CT molecular complexity index is 586. The van der Waals surface area contributed by atoms with Crippen LogP contribution in [-0.2, 0) is 6.61 Å². The smallest absolute Gasteiger partial charge is 0.153 e. The van der Waals surface area contributed by atoms with E-state index in [-0.39, 0.29) is 0 Å². The molecule has 0 heterocycles. The molecule has 2 rings (SSSR count). The Hall–Kier alpha value is -2.13. The van der Waals surface area contributed by atoms with Crippen molar-refractivity contribution in [3.05, 3.63) is 59.7 Å². The van der Waals surface area contributed by atoms with E-state index in [1.807, 2.05) is 48.5 Å². The zero-order valence-corrected chi connectivity index (χ0v) is 12.2. The van der Waals surface area contributed by atoms with Crippen LogP contribution in [0.25, 0.3) is 0 Å². The summed E-state index contributed by atoms with van der Waals surface area (Å²) in [5.74, 6) is 0.634. The molecule has 0 N–H and O–H groups in total. The Balaban J connectivity index is 2.23. The predicted octanol–water partition coefficient (Wildman–Crippen LogP) is 3.27. The van der Waals surface area contributed by atoms with Crippen LogP contribution in [0, 0.1) is 0 Å². The minimum absolute atomic E-state index is 0.461. The quantitative estimate of drug-likeness (QED) is 0.615. The lowest BCUT2D eigenvalue weighted by atomic mass is 10.1. The van der Waals surface area contributed by atoms with E-state index in [9.17, 15) is 4.79 Å². The molecule has 2 aromatic rings. The molecule has 3 nitrogen and oxygen atoms in total. The number of hydrogen-bond donors (Lipinski definition) is 0. The van der Waals surface area contributed by atoms with Crippen LogP contribution in [0.2, 0.25) is 0 Å². The first-order valence-electron chi connectivity index (χ1n) is 6.58. The van der Waals surface area contributed by atoms with Gasteiger partial charge in [-0.1, -0.05) is 30.3 Å². The highest BCUT2D eigenvalue weighted by molar-refractivity contribution is 5.80. The fourth-order valence-corrected chi connectivity index (χ4v) is 1.90. The fraction of sp³-hybridized carbons (Fsp3) is 0.235. The highest BCUT2D eigenvalue weighted by Gasteiger charge is 2.15. The Morgan fingerprint density at radius 3 is 2.35 bits per heavy atom. The van der Waals surface area contributed by atoms with Gasteiger partial charge in [-0.15, -0.1) is 0 Å². The maximum absolute atomic E-state index is 11.1. The SMILES string of the molecule is C[N+](C)(C)c1ccc(C=O)c(OCc2ccccc2)c1. The molecule has 3 heteroatoms. The number of aldehydes is 1. The summed E-state index contributed by atoms with van der Waals surface area (Å²) in [4.78, 5) is 11.1. The molecule has 0 aliphatic heterocycles. The van der Waals surface area contributed by atoms with E-state index in [1.54, 1.807) is 0 Å². The topological polar surface area (TPSA) is 26.3 Å². The van der Waals surface area contributed by atoms with Gasteiger partial charge in [0, 0.05) is 12.1 Å². The molecule has 0 radical (unpaired) electrons. The molecule has 0 aliphatic rings. The van der Waals surface area contributed by atoms with Gasteiger partial charge in [0.1, 0.15) is 18.0 Å². The summed E-state index contributed by atoms with van der Waals surface area (Å²) in [6.45, 7) is 0.461. The minimum Gasteiger partial charge on any atom is -0.488 e. The zero-order valence-electron chi connectivity index (χ0n) is 12.2. The van der Waals surface area contributed by atoms with Crippen molar-refractivity contribution in [2.75, 3.05) is 21.1 Å². The molecule has 0 saturated carbocycles. The first-order valence-corrected chi connectivity index (χ1v) is 6.58. The van der Waals surface area contributed by atoms with Gasteiger partial charge in [0.25, 0.3) is 0 Å². The molecule has 20 heavy (non-hydrogen) atoms. The third kappa shape index (κ3) is 3.45. The molecule has 0 aromatic heterocycles. The summed E-state index contributed by atoms with van der Waals surface area (Å²) in [7, 11) is 6.24. The highest BCUT2D eigenvalue weighted by atomic mass is 16.5. The summed E-state index contributed by atoms with van der Waals surface area (Å²) in [5.41, 5.74) is 2.76. The molecular formula is C17H20NO2+. The van der Waals surface area contributed by atoms with Gasteiger partial charge in [0.15, 0.2) is 6.29 Å². The van der Waals surface area contributed by atoms with Crippen LogP contribution < -0.4 is 9.22 Å². The molecule has 104 valence electrons. The van der Waals surface area contributed by atoms with Crippen LogP contribution in [0.1, 0.15) is 15.9 Å². The Morgan fingerprint density at radius 1 is 1.05 bits per heavy atom. The van der Waals surface area contributed by atoms with E-state index in [0.717, 1.165) is 17.5 Å². The molecule has 0 saturated heterocycles. The fourth-order valence-electron chi connectivity index (χ4n) is 1.90. The summed E-state index contributed by atoms with van der Waals surface area (Å²) in [6.07, 6.45) is 0.833. The maximum Gasteiger partial charge on any atom is 0.153 e. The molecule has 0 fully saturated rings. The second-order valence-corrected chi connectivity index (χ2v) is 5.63. The van der Waals surface area contributed by atoms with E-state index in [1.165, 1.54) is 0 Å². The average molecular weight is 270 g/mol. The Kier molecular flexibility index (Phi) is 4.20. The number of quaternary nitrogens is 1. The first-order chi connectivity index (χ1) is 9.50. The number of hydrogen-bond acceptors (Lipinski definition) is 2. The van der Waals surface area contributed by atoms with E-state index in [4.69, 9.17) is 4.74 Å². The molecule has 0 unspecified atom stereocenters. The molecule has 0 amide bonds. The lowest BCUT2D eigenvalue weighted by Gasteiger charge is -2.24. The van der Waals surface area contributed by atoms with Crippen LogP contribution in [0.4, 0.5) is 5.69 Å². The second-order valence-electron chi connectivity index (χ2n) is 5.63. The zero-order chi connectivity index (χ0) is 14.6. The van der Waals surface area contributed by atoms with Crippen molar-refractivity contribution >= 4 is 12.0 Å². The van der Waals surface area contributed by atoms with Crippen LogP contribution in [0.3, 0.4) is 0 Å². The number of ether oxygens (including phenoxy) is 1. The number of carbonyl (C=O) groups is 1. The van der Waals surface area contributed by atoms with Gasteiger partial charge < -0.3 is 4.74 Å². The standard InChI is InChI=1S/C17H20NO2/c1-18(2,3)16-10-9-15(12-19)17(11-16)20-13-14-7-5-4-6-8-14/h4-12H,13H2,1-3H3/q+1. The highest BCUT2D eigenvalue weighted by Crippen LogP contribution is 2.27. The monoisotopic (exact) mass is 270 g/mol. The lowest BCUT2D eigenvalue weighted by molar-refractivity contribution is 0.111. The molecule has 0 aliphatic carbocycles.